The minimum absolute atomic E-state index is 0.0239. The molecule has 0 aromatic carbocycles. The summed E-state index contributed by atoms with van der Waals surface area (Å²) < 4.78 is 23.4. The molecule has 0 amide bonds. The van der Waals surface area contributed by atoms with Gasteiger partial charge >= 0.3 is 5.69 Å². The fraction of sp³-hybridized carbons (Fsp3) is 0.733. The molecule has 0 spiro atoms. The van der Waals surface area contributed by atoms with E-state index in [1.54, 1.807) is 0 Å². The highest BCUT2D eigenvalue weighted by molar-refractivity contribution is 7.92. The van der Waals surface area contributed by atoms with Crippen molar-refractivity contribution in [2.75, 3.05) is 32.2 Å². The van der Waals surface area contributed by atoms with Crippen LogP contribution < -0.4 is 5.32 Å². The molecular weight excluding hydrogens is 350 g/mol. The van der Waals surface area contributed by atoms with E-state index in [0.29, 0.717) is 17.5 Å². The Kier molecular flexibility index (Phi) is 6.22. The van der Waals surface area contributed by atoms with Gasteiger partial charge in [0.25, 0.3) is 0 Å². The third-order valence-electron chi connectivity index (χ3n) is 4.58. The van der Waals surface area contributed by atoms with E-state index >= 15 is 0 Å². The Balaban J connectivity index is 2.16. The number of nitro groups is 1. The maximum atomic E-state index is 11.7. The standard InChI is InChI=1S/C15H25N3O4S2/c1-17(2)13(11-7-5-4-6-8-11)10-16-15-12(18(19)20)9-14(23-15)24(3,21)22/h9,11,13,16H,4-8,10H2,1-3H3. The van der Waals surface area contributed by atoms with Gasteiger partial charge in [-0.2, -0.15) is 0 Å². The molecule has 1 unspecified atom stereocenters. The Morgan fingerprint density at radius 3 is 2.50 bits per heavy atom. The van der Waals surface area contributed by atoms with Crippen LogP contribution in [0, 0.1) is 16.0 Å². The Bertz CT molecular complexity index is 679. The minimum Gasteiger partial charge on any atom is -0.370 e. The number of anilines is 1. The number of hydrogen-bond donors (Lipinski definition) is 1. The third-order valence-corrected chi connectivity index (χ3v) is 7.46. The van der Waals surface area contributed by atoms with Gasteiger partial charge in [0.1, 0.15) is 4.21 Å². The number of nitrogens with one attached hydrogen (secondary N) is 1. The number of rotatable bonds is 7. The smallest absolute Gasteiger partial charge is 0.304 e. The van der Waals surface area contributed by atoms with Gasteiger partial charge in [-0.05, 0) is 32.9 Å². The number of sulfone groups is 1. The van der Waals surface area contributed by atoms with Crippen LogP contribution in [0.2, 0.25) is 0 Å². The fourth-order valence-corrected chi connectivity index (χ4v) is 5.24. The van der Waals surface area contributed by atoms with Crippen LogP contribution in [0.5, 0.6) is 0 Å². The summed E-state index contributed by atoms with van der Waals surface area (Å²) in [6, 6.07) is 1.42. The molecule has 0 saturated heterocycles. The van der Waals surface area contributed by atoms with E-state index < -0.39 is 14.8 Å². The molecule has 1 atom stereocenters. The van der Waals surface area contributed by atoms with Crippen molar-refractivity contribution in [3.8, 4) is 0 Å². The number of nitrogens with zero attached hydrogens (tertiary/aromatic N) is 2. The molecule has 1 aliphatic carbocycles. The number of hydrogen-bond acceptors (Lipinski definition) is 7. The second-order valence-corrected chi connectivity index (χ2v) is 9.91. The molecule has 0 aliphatic heterocycles. The SMILES string of the molecule is CN(C)C(CNc1sc(S(C)(=O)=O)cc1[N+](=O)[O-])C1CCCCC1. The minimum atomic E-state index is -3.45. The number of likely N-dealkylation sites (N-methyl/N-ethyl adjacent to an activating group) is 1. The maximum absolute atomic E-state index is 11.7. The topological polar surface area (TPSA) is 92.6 Å². The molecular formula is C15H25N3O4S2. The molecule has 1 fully saturated rings. The molecule has 136 valence electrons. The molecule has 2 rings (SSSR count). The normalized spacial score (nSPS) is 17.8. The van der Waals surface area contributed by atoms with Gasteiger partial charge in [-0.3, -0.25) is 10.1 Å². The third kappa shape index (κ3) is 4.67. The summed E-state index contributed by atoms with van der Waals surface area (Å²) in [7, 11) is 0.589. The van der Waals surface area contributed by atoms with Crippen molar-refractivity contribution in [3.63, 3.8) is 0 Å². The van der Waals surface area contributed by atoms with E-state index in [0.717, 1.165) is 23.7 Å². The van der Waals surface area contributed by atoms with Gasteiger partial charge in [-0.1, -0.05) is 30.6 Å². The van der Waals surface area contributed by atoms with E-state index in [9.17, 15) is 18.5 Å². The van der Waals surface area contributed by atoms with E-state index in [-0.39, 0.29) is 15.9 Å². The van der Waals surface area contributed by atoms with Crippen LogP contribution in [-0.4, -0.2) is 51.2 Å². The summed E-state index contributed by atoms with van der Waals surface area (Å²) in [5.74, 6) is 0.564. The van der Waals surface area contributed by atoms with Crippen molar-refractivity contribution >= 4 is 31.9 Å². The van der Waals surface area contributed by atoms with Crippen LogP contribution in [0.1, 0.15) is 32.1 Å². The van der Waals surface area contributed by atoms with Gasteiger partial charge in [0.2, 0.25) is 0 Å². The molecule has 1 saturated carbocycles. The first-order chi connectivity index (χ1) is 11.2. The molecule has 24 heavy (non-hydrogen) atoms. The first-order valence-corrected chi connectivity index (χ1v) is 10.8. The van der Waals surface area contributed by atoms with Crippen molar-refractivity contribution in [3.05, 3.63) is 16.2 Å². The molecule has 1 heterocycles. The Labute approximate surface area is 147 Å². The van der Waals surface area contributed by atoms with Crippen molar-refractivity contribution in [1.82, 2.24) is 4.90 Å². The van der Waals surface area contributed by atoms with E-state index in [1.807, 2.05) is 14.1 Å². The van der Waals surface area contributed by atoms with Crippen LogP contribution in [0.3, 0.4) is 0 Å². The highest BCUT2D eigenvalue weighted by atomic mass is 32.2. The summed E-state index contributed by atoms with van der Waals surface area (Å²) >= 11 is 0.936. The molecule has 0 radical (unpaired) electrons. The lowest BCUT2D eigenvalue weighted by molar-refractivity contribution is -0.383. The zero-order valence-electron chi connectivity index (χ0n) is 14.3. The van der Waals surface area contributed by atoms with Gasteiger partial charge < -0.3 is 10.2 Å². The van der Waals surface area contributed by atoms with Gasteiger partial charge in [-0.15, -0.1) is 0 Å². The van der Waals surface area contributed by atoms with Crippen LogP contribution in [0.15, 0.2) is 10.3 Å². The quantitative estimate of drug-likeness (QED) is 0.582. The summed E-state index contributed by atoms with van der Waals surface area (Å²) in [5.41, 5.74) is -0.165. The van der Waals surface area contributed by atoms with E-state index in [1.165, 1.54) is 32.1 Å². The first-order valence-electron chi connectivity index (χ1n) is 8.08. The summed E-state index contributed by atoms with van der Waals surface area (Å²) in [6.07, 6.45) is 7.14. The number of thiophene rings is 1. The summed E-state index contributed by atoms with van der Waals surface area (Å²) in [5, 5.41) is 14.7. The predicted octanol–water partition coefficient (Wildman–Crippen LogP) is 2.98. The van der Waals surface area contributed by atoms with Gasteiger partial charge in [0, 0.05) is 24.9 Å². The molecule has 7 nitrogen and oxygen atoms in total. The van der Waals surface area contributed by atoms with Crippen molar-refractivity contribution in [1.29, 1.82) is 0 Å². The zero-order valence-corrected chi connectivity index (χ0v) is 16.0. The first kappa shape index (κ1) is 19.1. The fourth-order valence-electron chi connectivity index (χ4n) is 3.29. The van der Waals surface area contributed by atoms with Crippen molar-refractivity contribution in [2.24, 2.45) is 5.92 Å². The van der Waals surface area contributed by atoms with Crippen LogP contribution >= 0.6 is 11.3 Å². The average molecular weight is 376 g/mol. The Morgan fingerprint density at radius 1 is 1.38 bits per heavy atom. The summed E-state index contributed by atoms with van der Waals surface area (Å²) in [4.78, 5) is 12.8. The molecule has 1 aliphatic rings. The lowest BCUT2D eigenvalue weighted by Gasteiger charge is -2.35. The molecule has 1 aromatic rings. The van der Waals surface area contributed by atoms with Gasteiger partial charge in [0.05, 0.1) is 4.92 Å². The average Bonchev–Trinajstić information content (AvgIpc) is 2.93. The largest absolute Gasteiger partial charge is 0.370 e. The molecule has 9 heteroatoms. The van der Waals surface area contributed by atoms with Crippen molar-refractivity contribution in [2.45, 2.75) is 42.4 Å². The lowest BCUT2D eigenvalue weighted by atomic mass is 9.83. The lowest BCUT2D eigenvalue weighted by Crippen LogP contribution is -2.41. The van der Waals surface area contributed by atoms with E-state index in [2.05, 4.69) is 10.2 Å². The highest BCUT2D eigenvalue weighted by Crippen LogP contribution is 2.37. The van der Waals surface area contributed by atoms with Crippen LogP contribution in [0.25, 0.3) is 0 Å². The summed E-state index contributed by atoms with van der Waals surface area (Å²) in [6.45, 7) is 0.572. The van der Waals surface area contributed by atoms with Gasteiger partial charge in [-0.25, -0.2) is 8.42 Å². The highest BCUT2D eigenvalue weighted by Gasteiger charge is 2.28. The monoisotopic (exact) mass is 375 g/mol. The van der Waals surface area contributed by atoms with Crippen LogP contribution in [0.4, 0.5) is 10.7 Å². The maximum Gasteiger partial charge on any atom is 0.304 e. The second kappa shape index (κ2) is 7.79. The zero-order chi connectivity index (χ0) is 17.9. The molecule has 1 N–H and O–H groups in total. The molecule has 0 bridgehead atoms. The Hall–Kier alpha value is -1.19. The van der Waals surface area contributed by atoms with E-state index in [4.69, 9.17) is 0 Å². The van der Waals surface area contributed by atoms with Crippen molar-refractivity contribution < 1.29 is 13.3 Å². The molecule has 1 aromatic heterocycles. The van der Waals surface area contributed by atoms with Gasteiger partial charge in [0.15, 0.2) is 14.8 Å². The second-order valence-electron chi connectivity index (χ2n) is 6.62. The predicted molar refractivity (Wildman–Crippen MR) is 96.6 cm³/mol. The Morgan fingerprint density at radius 2 is 2.00 bits per heavy atom. The van der Waals surface area contributed by atoms with Crippen LogP contribution in [-0.2, 0) is 9.84 Å².